The molecule has 1 aromatic heterocycles. The molecule has 0 aliphatic carbocycles. The van der Waals surface area contributed by atoms with Crippen molar-refractivity contribution in [1.82, 2.24) is 14.9 Å². The normalized spacial score (nSPS) is 11.4. The lowest BCUT2D eigenvalue weighted by Gasteiger charge is -2.06. The Morgan fingerprint density at radius 1 is 1.05 bits per heavy atom. The van der Waals surface area contributed by atoms with Gasteiger partial charge in [-0.25, -0.2) is 13.1 Å². The zero-order chi connectivity index (χ0) is 13.7. The molecule has 0 fully saturated rings. The molecule has 0 radical (unpaired) electrons. The van der Waals surface area contributed by atoms with Crippen LogP contribution in [-0.2, 0) is 22.3 Å². The minimum atomic E-state index is -3.36. The number of nitrogens with one attached hydrogen (secondary N) is 1. The first-order valence-corrected chi connectivity index (χ1v) is 7.51. The average molecular weight is 277 g/mol. The number of aryl methyl sites for hydroxylation is 1. The van der Waals surface area contributed by atoms with Gasteiger partial charge in [0.05, 0.1) is 23.7 Å². The molecular formula is C13H15N3O2S. The number of nitrogens with zero attached hydrogens (tertiary/aromatic N) is 2. The van der Waals surface area contributed by atoms with Crippen LogP contribution in [0.2, 0.25) is 0 Å². The first kappa shape index (κ1) is 13.6. The Morgan fingerprint density at radius 2 is 1.79 bits per heavy atom. The van der Waals surface area contributed by atoms with Gasteiger partial charge in [-0.3, -0.25) is 0 Å². The maximum Gasteiger partial charge on any atom is 0.216 e. The first-order chi connectivity index (χ1) is 9.05. The van der Waals surface area contributed by atoms with Crippen molar-refractivity contribution in [3.8, 4) is 0 Å². The molecule has 1 heterocycles. The summed E-state index contributed by atoms with van der Waals surface area (Å²) in [6, 6.07) is 12.6. The van der Waals surface area contributed by atoms with Gasteiger partial charge < -0.3 is 0 Å². The molecule has 2 rings (SSSR count). The number of sulfonamides is 1. The highest BCUT2D eigenvalue weighted by molar-refractivity contribution is 7.88. The summed E-state index contributed by atoms with van der Waals surface area (Å²) in [4.78, 5) is 0. The van der Waals surface area contributed by atoms with Crippen LogP contribution in [0.4, 0.5) is 0 Å². The van der Waals surface area contributed by atoms with E-state index in [9.17, 15) is 8.42 Å². The largest absolute Gasteiger partial charge is 0.216 e. The minimum Gasteiger partial charge on any atom is -0.212 e. The Kier molecular flexibility index (Phi) is 4.24. The summed E-state index contributed by atoms with van der Waals surface area (Å²) < 4.78 is 26.3. The van der Waals surface area contributed by atoms with Gasteiger partial charge in [0, 0.05) is 0 Å². The van der Waals surface area contributed by atoms with E-state index in [1.807, 2.05) is 25.1 Å². The Bertz CT molecular complexity index is 625. The van der Waals surface area contributed by atoms with Gasteiger partial charge in [-0.2, -0.15) is 10.2 Å². The second-order valence-corrected chi connectivity index (χ2v) is 6.04. The Labute approximate surface area is 112 Å². The molecule has 0 amide bonds. The van der Waals surface area contributed by atoms with Gasteiger partial charge in [-0.1, -0.05) is 30.3 Å². The van der Waals surface area contributed by atoms with Crippen molar-refractivity contribution in [1.29, 1.82) is 0 Å². The topological polar surface area (TPSA) is 72.0 Å². The molecule has 0 atom stereocenters. The standard InChI is InChI=1S/C13H15N3O2S/c1-11-7-8-13(16-15-11)9-14-19(17,18)10-12-5-3-2-4-6-12/h2-8,14H,9-10H2,1H3. The second-order valence-electron chi connectivity index (χ2n) is 4.23. The highest BCUT2D eigenvalue weighted by atomic mass is 32.2. The van der Waals surface area contributed by atoms with Crippen molar-refractivity contribution in [2.24, 2.45) is 0 Å². The fourth-order valence-electron chi connectivity index (χ4n) is 1.55. The van der Waals surface area contributed by atoms with E-state index in [0.29, 0.717) is 5.69 Å². The molecule has 0 aliphatic rings. The van der Waals surface area contributed by atoms with Crippen LogP contribution in [0, 0.1) is 6.92 Å². The molecule has 100 valence electrons. The molecule has 1 N–H and O–H groups in total. The molecule has 6 heteroatoms. The number of aromatic nitrogens is 2. The van der Waals surface area contributed by atoms with Crippen LogP contribution in [0.1, 0.15) is 17.0 Å². The maximum absolute atomic E-state index is 11.9. The van der Waals surface area contributed by atoms with Crippen LogP contribution in [0.25, 0.3) is 0 Å². The van der Waals surface area contributed by atoms with Crippen LogP contribution in [0.3, 0.4) is 0 Å². The fraction of sp³-hybridized carbons (Fsp3) is 0.231. The van der Waals surface area contributed by atoms with Gasteiger partial charge in [-0.05, 0) is 24.6 Å². The van der Waals surface area contributed by atoms with Crippen LogP contribution < -0.4 is 4.72 Å². The number of hydrogen-bond donors (Lipinski definition) is 1. The summed E-state index contributed by atoms with van der Waals surface area (Å²) in [6.45, 7) is 1.98. The molecule has 0 unspecified atom stereocenters. The summed E-state index contributed by atoms with van der Waals surface area (Å²) in [7, 11) is -3.36. The van der Waals surface area contributed by atoms with Crippen molar-refractivity contribution in [2.75, 3.05) is 0 Å². The Balaban J connectivity index is 1.96. The lowest BCUT2D eigenvalue weighted by atomic mass is 10.2. The van der Waals surface area contributed by atoms with E-state index in [1.165, 1.54) is 0 Å². The minimum absolute atomic E-state index is 0.0346. The maximum atomic E-state index is 11.9. The zero-order valence-electron chi connectivity index (χ0n) is 10.6. The molecule has 19 heavy (non-hydrogen) atoms. The van der Waals surface area contributed by atoms with E-state index in [-0.39, 0.29) is 12.3 Å². The van der Waals surface area contributed by atoms with E-state index in [4.69, 9.17) is 0 Å². The van der Waals surface area contributed by atoms with Crippen molar-refractivity contribution in [3.63, 3.8) is 0 Å². The highest BCUT2D eigenvalue weighted by Crippen LogP contribution is 2.04. The number of rotatable bonds is 5. The second kappa shape index (κ2) is 5.90. The molecule has 0 saturated carbocycles. The van der Waals surface area contributed by atoms with Crippen LogP contribution >= 0.6 is 0 Å². The number of hydrogen-bond acceptors (Lipinski definition) is 4. The van der Waals surface area contributed by atoms with Gasteiger partial charge in [0.25, 0.3) is 0 Å². The van der Waals surface area contributed by atoms with Crippen LogP contribution in [-0.4, -0.2) is 18.6 Å². The summed E-state index contributed by atoms with van der Waals surface area (Å²) in [5.41, 5.74) is 2.16. The molecular weight excluding hydrogens is 262 g/mol. The van der Waals surface area contributed by atoms with Crippen molar-refractivity contribution < 1.29 is 8.42 Å². The molecule has 0 bridgehead atoms. The molecule has 0 spiro atoms. The number of benzene rings is 1. The van der Waals surface area contributed by atoms with Crippen LogP contribution in [0.15, 0.2) is 42.5 Å². The lowest BCUT2D eigenvalue weighted by molar-refractivity contribution is 0.579. The SMILES string of the molecule is Cc1ccc(CNS(=O)(=O)Cc2ccccc2)nn1. The van der Waals surface area contributed by atoms with E-state index >= 15 is 0 Å². The molecule has 1 aromatic carbocycles. The quantitative estimate of drug-likeness (QED) is 0.896. The van der Waals surface area contributed by atoms with Gasteiger partial charge in [0.2, 0.25) is 10.0 Å². The third-order valence-electron chi connectivity index (χ3n) is 2.53. The van der Waals surface area contributed by atoms with Gasteiger partial charge >= 0.3 is 0 Å². The van der Waals surface area contributed by atoms with Crippen molar-refractivity contribution in [3.05, 3.63) is 59.4 Å². The molecule has 0 saturated heterocycles. The van der Waals surface area contributed by atoms with Gasteiger partial charge in [-0.15, -0.1) is 0 Å². The van der Waals surface area contributed by atoms with Crippen LogP contribution in [0.5, 0.6) is 0 Å². The predicted molar refractivity (Wildman–Crippen MR) is 72.7 cm³/mol. The summed E-state index contributed by atoms with van der Waals surface area (Å²) in [5, 5.41) is 7.79. The summed E-state index contributed by atoms with van der Waals surface area (Å²) >= 11 is 0. The monoisotopic (exact) mass is 277 g/mol. The molecule has 5 nitrogen and oxygen atoms in total. The van der Waals surface area contributed by atoms with E-state index < -0.39 is 10.0 Å². The van der Waals surface area contributed by atoms with Crippen molar-refractivity contribution >= 4 is 10.0 Å². The Hall–Kier alpha value is -1.79. The van der Waals surface area contributed by atoms with Gasteiger partial charge in [0.1, 0.15) is 0 Å². The molecule has 2 aromatic rings. The lowest BCUT2D eigenvalue weighted by Crippen LogP contribution is -2.25. The zero-order valence-corrected chi connectivity index (χ0v) is 11.4. The van der Waals surface area contributed by atoms with E-state index in [0.717, 1.165) is 11.3 Å². The first-order valence-electron chi connectivity index (χ1n) is 5.86. The van der Waals surface area contributed by atoms with Gasteiger partial charge in [0.15, 0.2) is 0 Å². The van der Waals surface area contributed by atoms with E-state index in [1.54, 1.807) is 24.3 Å². The highest BCUT2D eigenvalue weighted by Gasteiger charge is 2.11. The summed E-state index contributed by atoms with van der Waals surface area (Å²) in [5.74, 6) is -0.0346. The predicted octanol–water partition coefficient (Wildman–Crippen LogP) is 1.40. The Morgan fingerprint density at radius 3 is 2.42 bits per heavy atom. The third-order valence-corrected chi connectivity index (χ3v) is 3.82. The third kappa shape index (κ3) is 4.42. The molecule has 0 aliphatic heterocycles. The smallest absolute Gasteiger partial charge is 0.212 e. The van der Waals surface area contributed by atoms with Crippen molar-refractivity contribution in [2.45, 2.75) is 19.2 Å². The summed E-state index contributed by atoms with van der Waals surface area (Å²) in [6.07, 6.45) is 0. The average Bonchev–Trinajstić information content (AvgIpc) is 2.39. The van der Waals surface area contributed by atoms with E-state index in [2.05, 4.69) is 14.9 Å². The fourth-order valence-corrected chi connectivity index (χ4v) is 2.65.